The van der Waals surface area contributed by atoms with Crippen LogP contribution in [0.25, 0.3) is 122 Å². The Bertz CT molecular complexity index is 3670. The second-order valence-electron chi connectivity index (χ2n) is 16.2. The van der Waals surface area contributed by atoms with Gasteiger partial charge in [0.05, 0.1) is 33.5 Å². The molecule has 0 saturated heterocycles. The number of para-hydroxylation sites is 5. The number of benzene rings is 9. The maximum Gasteiger partial charge on any atom is 0.160 e. The third-order valence-electron chi connectivity index (χ3n) is 12.5. The predicted molar refractivity (Wildman–Crippen MR) is 260 cm³/mol. The number of furan rings is 1. The van der Waals surface area contributed by atoms with Crippen molar-refractivity contribution in [3.63, 3.8) is 0 Å². The predicted octanol–water partition coefficient (Wildman–Crippen LogP) is 15.2. The van der Waals surface area contributed by atoms with E-state index in [-0.39, 0.29) is 0 Å². The minimum Gasteiger partial charge on any atom is -0.456 e. The highest BCUT2D eigenvalue weighted by atomic mass is 16.3. The third kappa shape index (κ3) is 5.64. The largest absolute Gasteiger partial charge is 0.456 e. The van der Waals surface area contributed by atoms with Gasteiger partial charge >= 0.3 is 0 Å². The van der Waals surface area contributed by atoms with E-state index < -0.39 is 0 Å². The van der Waals surface area contributed by atoms with Crippen molar-refractivity contribution in [3.8, 4) is 56.4 Å². The summed E-state index contributed by atoms with van der Waals surface area (Å²) in [6, 6.07) is 77.4. The molecule has 13 aromatic rings. The minimum absolute atomic E-state index is 0.658. The topological polar surface area (TPSA) is 48.8 Å². The first kappa shape index (κ1) is 35.2. The van der Waals surface area contributed by atoms with Crippen LogP contribution in [-0.2, 0) is 0 Å². The molecule has 5 heteroatoms. The minimum atomic E-state index is 0.658. The van der Waals surface area contributed by atoms with Crippen LogP contribution >= 0.6 is 0 Å². The van der Waals surface area contributed by atoms with Gasteiger partial charge in [0.15, 0.2) is 5.82 Å². The van der Waals surface area contributed by atoms with Crippen molar-refractivity contribution in [2.24, 2.45) is 0 Å². The summed E-state index contributed by atoms with van der Waals surface area (Å²) in [5.74, 6) is 0.658. The van der Waals surface area contributed by atoms with Gasteiger partial charge in [-0.15, -0.1) is 0 Å². The maximum absolute atomic E-state index is 6.24. The van der Waals surface area contributed by atoms with Crippen molar-refractivity contribution in [2.75, 3.05) is 0 Å². The van der Waals surface area contributed by atoms with Gasteiger partial charge in [0.2, 0.25) is 0 Å². The lowest BCUT2D eigenvalue weighted by Crippen LogP contribution is -2.01. The van der Waals surface area contributed by atoms with Crippen LogP contribution in [0.4, 0.5) is 0 Å². The van der Waals surface area contributed by atoms with Crippen molar-refractivity contribution < 1.29 is 4.42 Å². The molecule has 9 aromatic carbocycles. The van der Waals surface area contributed by atoms with Crippen LogP contribution in [0, 0.1) is 0 Å². The molecular weight excluding hydrogens is 769 g/mol. The molecule has 13 rings (SSSR count). The van der Waals surface area contributed by atoms with Crippen LogP contribution in [-0.4, -0.2) is 19.1 Å². The van der Waals surface area contributed by atoms with E-state index in [1.807, 2.05) is 24.3 Å². The molecule has 0 aliphatic heterocycles. The molecule has 294 valence electrons. The summed E-state index contributed by atoms with van der Waals surface area (Å²) in [6.45, 7) is 0. The van der Waals surface area contributed by atoms with Gasteiger partial charge in [-0.3, -0.25) is 0 Å². The summed E-state index contributed by atoms with van der Waals surface area (Å²) in [7, 11) is 0. The average Bonchev–Trinajstić information content (AvgIpc) is 4.02. The fourth-order valence-corrected chi connectivity index (χ4v) is 9.70. The zero-order chi connectivity index (χ0) is 41.4. The standard InChI is InChI=1S/C58H36N4O/c1-2-15-38(16-3-1)49-36-50(60-58(59-49)39-31-29-37(30-32-39)43-22-14-28-56-57(43)48-21-8-13-27-55(48)63-56)40-33-41(61-51-23-9-4-17-44(51)45-18-5-10-24-52(45)61)35-42(34-40)62-53-25-11-6-19-46(53)47-20-7-12-26-54(47)62/h1-36H. The van der Waals surface area contributed by atoms with E-state index in [2.05, 4.69) is 203 Å². The highest BCUT2D eigenvalue weighted by Gasteiger charge is 2.20. The molecule has 0 saturated carbocycles. The normalized spacial score (nSPS) is 11.8. The highest BCUT2D eigenvalue weighted by Crippen LogP contribution is 2.40. The van der Waals surface area contributed by atoms with Crippen molar-refractivity contribution >= 4 is 65.6 Å². The molecule has 0 spiro atoms. The van der Waals surface area contributed by atoms with Gasteiger partial charge in [0.1, 0.15) is 11.2 Å². The van der Waals surface area contributed by atoms with Gasteiger partial charge in [-0.25, -0.2) is 9.97 Å². The summed E-state index contributed by atoms with van der Waals surface area (Å²) >= 11 is 0. The van der Waals surface area contributed by atoms with Crippen molar-refractivity contribution in [1.29, 1.82) is 0 Å². The van der Waals surface area contributed by atoms with E-state index >= 15 is 0 Å². The Kier molecular flexibility index (Phi) is 7.84. The Balaban J connectivity index is 1.04. The van der Waals surface area contributed by atoms with Gasteiger partial charge in [-0.05, 0) is 71.8 Å². The summed E-state index contributed by atoms with van der Waals surface area (Å²) < 4.78 is 11.0. The van der Waals surface area contributed by atoms with Crippen LogP contribution in [0.2, 0.25) is 0 Å². The number of fused-ring (bicyclic) bond motifs is 9. The highest BCUT2D eigenvalue weighted by molar-refractivity contribution is 6.13. The zero-order valence-corrected chi connectivity index (χ0v) is 34.0. The first-order valence-electron chi connectivity index (χ1n) is 21.3. The van der Waals surface area contributed by atoms with Crippen LogP contribution in [0.15, 0.2) is 223 Å². The maximum atomic E-state index is 6.24. The van der Waals surface area contributed by atoms with Crippen molar-refractivity contribution in [3.05, 3.63) is 218 Å². The Hall–Kier alpha value is -8.54. The fourth-order valence-electron chi connectivity index (χ4n) is 9.70. The molecule has 0 N–H and O–H groups in total. The fraction of sp³-hybridized carbons (Fsp3) is 0. The smallest absolute Gasteiger partial charge is 0.160 e. The number of nitrogens with zero attached hydrogens (tertiary/aromatic N) is 4. The molecule has 0 aliphatic rings. The lowest BCUT2D eigenvalue weighted by atomic mass is 9.98. The third-order valence-corrected chi connectivity index (χ3v) is 12.5. The van der Waals surface area contributed by atoms with E-state index in [9.17, 15) is 0 Å². The summed E-state index contributed by atoms with van der Waals surface area (Å²) in [5.41, 5.74) is 15.3. The van der Waals surface area contributed by atoms with E-state index in [0.29, 0.717) is 5.82 Å². The quantitative estimate of drug-likeness (QED) is 0.168. The molecule has 0 radical (unpaired) electrons. The van der Waals surface area contributed by atoms with E-state index in [4.69, 9.17) is 14.4 Å². The summed E-state index contributed by atoms with van der Waals surface area (Å²) in [6.07, 6.45) is 0. The molecule has 0 amide bonds. The summed E-state index contributed by atoms with van der Waals surface area (Å²) in [4.78, 5) is 10.7. The second kappa shape index (κ2) is 14.0. The van der Waals surface area contributed by atoms with Gasteiger partial charge in [0.25, 0.3) is 0 Å². The number of hydrogen-bond donors (Lipinski definition) is 0. The van der Waals surface area contributed by atoms with Gasteiger partial charge in [-0.1, -0.05) is 158 Å². The molecule has 0 unspecified atom stereocenters. The molecular formula is C58H36N4O. The molecule has 5 nitrogen and oxygen atoms in total. The Morgan fingerprint density at radius 3 is 1.35 bits per heavy atom. The molecule has 0 atom stereocenters. The summed E-state index contributed by atoms with van der Waals surface area (Å²) in [5, 5.41) is 7.09. The van der Waals surface area contributed by atoms with Gasteiger partial charge in [-0.2, -0.15) is 0 Å². The second-order valence-corrected chi connectivity index (χ2v) is 16.2. The Morgan fingerprint density at radius 2 is 0.778 bits per heavy atom. The SMILES string of the molecule is c1ccc(-c2cc(-c3cc(-n4c5ccccc5c5ccccc54)cc(-n4c5ccccc5c5ccccc54)c3)nc(-c3ccc(-c4cccc5oc6ccccc6c45)cc3)n2)cc1. The van der Waals surface area contributed by atoms with E-state index in [1.54, 1.807) is 0 Å². The first-order valence-corrected chi connectivity index (χ1v) is 21.3. The first-order chi connectivity index (χ1) is 31.2. The van der Waals surface area contributed by atoms with Crippen molar-refractivity contribution in [1.82, 2.24) is 19.1 Å². The number of hydrogen-bond acceptors (Lipinski definition) is 3. The average molecular weight is 805 g/mol. The van der Waals surface area contributed by atoms with Crippen LogP contribution < -0.4 is 0 Å². The van der Waals surface area contributed by atoms with Gasteiger partial charge in [0, 0.05) is 60.4 Å². The van der Waals surface area contributed by atoms with Crippen molar-refractivity contribution in [2.45, 2.75) is 0 Å². The lowest BCUT2D eigenvalue weighted by Gasteiger charge is -2.16. The Labute approximate surface area is 362 Å². The molecule has 0 fully saturated rings. The number of rotatable bonds is 6. The molecule has 0 bridgehead atoms. The molecule has 0 aliphatic carbocycles. The molecule has 4 heterocycles. The van der Waals surface area contributed by atoms with Crippen LogP contribution in [0.1, 0.15) is 0 Å². The monoisotopic (exact) mass is 804 g/mol. The molecule has 63 heavy (non-hydrogen) atoms. The van der Waals surface area contributed by atoms with E-state index in [1.165, 1.54) is 21.5 Å². The van der Waals surface area contributed by atoms with Crippen LogP contribution in [0.3, 0.4) is 0 Å². The Morgan fingerprint density at radius 1 is 0.317 bits per heavy atom. The zero-order valence-electron chi connectivity index (χ0n) is 34.0. The van der Waals surface area contributed by atoms with E-state index in [0.717, 1.165) is 94.6 Å². The van der Waals surface area contributed by atoms with Gasteiger partial charge < -0.3 is 13.6 Å². The molecule has 4 aromatic heterocycles. The van der Waals surface area contributed by atoms with Crippen LogP contribution in [0.5, 0.6) is 0 Å². The lowest BCUT2D eigenvalue weighted by molar-refractivity contribution is 0.669. The number of aromatic nitrogens is 4.